The van der Waals surface area contributed by atoms with E-state index >= 15 is 0 Å². The Morgan fingerprint density at radius 1 is 0.951 bits per heavy atom. The number of halogens is 4. The van der Waals surface area contributed by atoms with Gasteiger partial charge in [0, 0.05) is 23.1 Å². The van der Waals surface area contributed by atoms with Crippen molar-refractivity contribution in [2.75, 3.05) is 6.54 Å². The minimum absolute atomic E-state index is 0.00105. The molecule has 11 heteroatoms. The van der Waals surface area contributed by atoms with Gasteiger partial charge in [-0.15, -0.1) is 0 Å². The fourth-order valence-corrected chi connectivity index (χ4v) is 9.46. The van der Waals surface area contributed by atoms with Gasteiger partial charge in [-0.25, -0.2) is 4.79 Å². The number of alkyl halides is 3. The summed E-state index contributed by atoms with van der Waals surface area (Å²) >= 11 is 6.36. The van der Waals surface area contributed by atoms with Crippen molar-refractivity contribution in [1.82, 2.24) is 10.2 Å². The minimum atomic E-state index is -4.61. The Hall–Kier alpha value is -5.16. The summed E-state index contributed by atoms with van der Waals surface area (Å²) in [5, 5.41) is 27.4. The molecule has 2 bridgehead atoms. The highest BCUT2D eigenvalue weighted by atomic mass is 35.5. The number of furan rings is 1. The van der Waals surface area contributed by atoms with Gasteiger partial charge in [-0.2, -0.15) is 13.2 Å². The van der Waals surface area contributed by atoms with Crippen LogP contribution < -0.4 is 5.32 Å². The predicted octanol–water partition coefficient (Wildman–Crippen LogP) is 11.9. The van der Waals surface area contributed by atoms with Crippen LogP contribution in [0.1, 0.15) is 115 Å². The maximum Gasteiger partial charge on any atom is 0.416 e. The molecule has 320 valence electrons. The summed E-state index contributed by atoms with van der Waals surface area (Å²) in [7, 11) is 0. The molecule has 1 aromatic heterocycles. The smallest absolute Gasteiger partial charge is 0.416 e. The Bertz CT molecular complexity index is 2380. The molecular formula is C50H52ClF3N2O5. The van der Waals surface area contributed by atoms with Crippen molar-refractivity contribution in [2.24, 2.45) is 5.41 Å². The van der Waals surface area contributed by atoms with Gasteiger partial charge in [-0.1, -0.05) is 103 Å². The van der Waals surface area contributed by atoms with Crippen molar-refractivity contribution in [3.8, 4) is 11.3 Å². The second kappa shape index (κ2) is 18.1. The lowest BCUT2D eigenvalue weighted by atomic mass is 9.64. The van der Waals surface area contributed by atoms with Crippen molar-refractivity contribution < 1.29 is 37.4 Å². The molecule has 1 saturated carbocycles. The largest absolute Gasteiger partial charge is 0.453 e. The van der Waals surface area contributed by atoms with E-state index in [1.54, 1.807) is 11.0 Å². The van der Waals surface area contributed by atoms with Crippen LogP contribution in [-0.2, 0) is 19.1 Å². The number of aliphatic hydroxyl groups excluding tert-OH is 1. The Morgan fingerprint density at radius 3 is 2.39 bits per heavy atom. The molecular weight excluding hydrogens is 801 g/mol. The van der Waals surface area contributed by atoms with Crippen LogP contribution in [0.5, 0.6) is 0 Å². The molecule has 0 aliphatic heterocycles. The number of rotatable bonds is 9. The van der Waals surface area contributed by atoms with E-state index in [1.807, 2.05) is 86.6 Å². The Labute approximate surface area is 360 Å². The first-order valence-electron chi connectivity index (χ1n) is 20.9. The van der Waals surface area contributed by atoms with Crippen molar-refractivity contribution >= 4 is 23.4 Å². The monoisotopic (exact) mass is 852 g/mol. The third-order valence-corrected chi connectivity index (χ3v) is 13.2. The fourth-order valence-electron chi connectivity index (χ4n) is 9.25. The summed E-state index contributed by atoms with van der Waals surface area (Å²) in [6.45, 7) is 6.32. The van der Waals surface area contributed by atoms with Gasteiger partial charge in [0.05, 0.1) is 34.9 Å². The Kier molecular flexibility index (Phi) is 13.0. The third-order valence-electron chi connectivity index (χ3n) is 12.9. The first kappa shape index (κ1) is 43.9. The second-order valence-corrected chi connectivity index (χ2v) is 17.5. The zero-order valence-electron chi connectivity index (χ0n) is 34.6. The van der Waals surface area contributed by atoms with Crippen LogP contribution in [0.2, 0.25) is 5.02 Å². The van der Waals surface area contributed by atoms with Gasteiger partial charge in [0.15, 0.2) is 5.76 Å². The van der Waals surface area contributed by atoms with E-state index in [9.17, 15) is 33.0 Å². The number of ketones is 1. The van der Waals surface area contributed by atoms with E-state index in [0.717, 1.165) is 40.5 Å². The lowest BCUT2D eigenvalue weighted by Gasteiger charge is -2.46. The zero-order chi connectivity index (χ0) is 43.5. The van der Waals surface area contributed by atoms with Gasteiger partial charge in [-0.05, 0) is 123 Å². The van der Waals surface area contributed by atoms with Gasteiger partial charge in [-0.3, -0.25) is 4.79 Å². The average molecular weight is 853 g/mol. The average Bonchev–Trinajstić information content (AvgIpc) is 3.82. The number of aliphatic hydroxyl groups is 2. The number of hydrogen-bond donors (Lipinski definition) is 3. The lowest BCUT2D eigenvalue weighted by molar-refractivity contribution is -0.137. The van der Waals surface area contributed by atoms with Crippen molar-refractivity contribution in [3.05, 3.63) is 165 Å². The van der Waals surface area contributed by atoms with Crippen LogP contribution in [0, 0.1) is 5.41 Å². The van der Waals surface area contributed by atoms with Crippen molar-refractivity contribution in [1.29, 1.82) is 0 Å². The van der Waals surface area contributed by atoms with E-state index in [-0.39, 0.29) is 53.2 Å². The first-order valence-corrected chi connectivity index (χ1v) is 21.3. The van der Waals surface area contributed by atoms with E-state index in [1.165, 1.54) is 12.1 Å². The Morgan fingerprint density at radius 2 is 1.67 bits per heavy atom. The van der Waals surface area contributed by atoms with E-state index < -0.39 is 34.6 Å². The molecule has 5 aromatic rings. The first-order chi connectivity index (χ1) is 29.0. The SMILES string of the molecule is CC1=CCC[C@@]2(C)[C@@H](CC[C@@]2(O)CN(Cc2ccccc2)C(=O)N[C@H](C)c2ccccc2)c2ccc(cc2C(=O)c2ccc(-c3cc(C(F)(F)F)ccc3Cl)o2)C[C@@H](O)CC1. The minimum Gasteiger partial charge on any atom is -0.453 e. The molecule has 0 saturated heterocycles. The fraction of sp³-hybridized carbons (Fsp3) is 0.360. The van der Waals surface area contributed by atoms with Crippen molar-refractivity contribution in [3.63, 3.8) is 0 Å². The number of allylic oxidation sites excluding steroid dienone is 2. The molecule has 61 heavy (non-hydrogen) atoms. The number of carbonyl (C=O) groups excluding carboxylic acids is 2. The highest BCUT2D eigenvalue weighted by Crippen LogP contribution is 2.59. The number of urea groups is 1. The van der Waals surface area contributed by atoms with Crippen LogP contribution in [0.15, 0.2) is 125 Å². The number of hydrogen-bond acceptors (Lipinski definition) is 5. The quantitative estimate of drug-likeness (QED) is 0.101. The van der Waals surface area contributed by atoms with E-state index in [2.05, 4.69) is 18.3 Å². The van der Waals surface area contributed by atoms with Crippen molar-refractivity contribution in [2.45, 2.75) is 102 Å². The molecule has 0 radical (unpaired) electrons. The molecule has 1 heterocycles. The molecule has 3 aliphatic rings. The predicted molar refractivity (Wildman–Crippen MR) is 231 cm³/mol. The normalized spacial score (nSPS) is 22.5. The molecule has 3 N–H and O–H groups in total. The number of amides is 2. The summed E-state index contributed by atoms with van der Waals surface area (Å²) in [5.41, 5.74) is 1.58. The molecule has 0 spiro atoms. The highest BCUT2D eigenvalue weighted by molar-refractivity contribution is 6.33. The van der Waals surface area contributed by atoms with Crippen LogP contribution in [0.25, 0.3) is 11.3 Å². The standard InChI is InChI=1S/C50H52ClF3N2O5/c1-32-11-10-25-48(3)42(24-26-49(48,60)31-56(30-34-12-6-4-7-13-34)47(59)55-33(2)36-14-8-5-9-15-36)39-20-17-35(27-38(57)19-16-32)28-40(39)46(58)45-23-22-44(61-45)41-29-37(50(52,53)54)18-21-43(41)51/h4-9,11-15,17-18,20-23,28-29,33,38,42,57,60H,10,16,19,24-27,30-31H2,1-3H3,(H,55,59)/t33-,38+,42+,48+,49-/m1/s1. The summed E-state index contributed by atoms with van der Waals surface area (Å²) < 4.78 is 47.0. The maximum absolute atomic E-state index is 14.7. The molecule has 5 atom stereocenters. The summed E-state index contributed by atoms with van der Waals surface area (Å²) in [5.74, 6) is -0.920. The highest BCUT2D eigenvalue weighted by Gasteiger charge is 2.58. The third kappa shape index (κ3) is 9.67. The van der Waals surface area contributed by atoms with E-state index in [4.69, 9.17) is 16.0 Å². The number of fused-ring (bicyclic) bond motifs is 8. The molecule has 3 aliphatic carbocycles. The van der Waals surface area contributed by atoms with Crippen LogP contribution in [0.3, 0.4) is 0 Å². The van der Waals surface area contributed by atoms with Gasteiger partial charge in [0.2, 0.25) is 5.78 Å². The number of carbonyl (C=O) groups is 2. The van der Waals surface area contributed by atoms with E-state index in [0.29, 0.717) is 56.1 Å². The molecule has 8 rings (SSSR count). The zero-order valence-corrected chi connectivity index (χ0v) is 35.4. The lowest BCUT2D eigenvalue weighted by Crippen LogP contribution is -2.55. The van der Waals surface area contributed by atoms with Gasteiger partial charge in [0.25, 0.3) is 0 Å². The molecule has 0 unspecified atom stereocenters. The molecule has 7 nitrogen and oxygen atoms in total. The van der Waals surface area contributed by atoms with Crippen LogP contribution >= 0.6 is 11.6 Å². The molecule has 1 fully saturated rings. The van der Waals surface area contributed by atoms with Gasteiger partial charge >= 0.3 is 12.2 Å². The summed E-state index contributed by atoms with van der Waals surface area (Å²) in [4.78, 5) is 30.7. The van der Waals surface area contributed by atoms with Gasteiger partial charge in [0.1, 0.15) is 5.76 Å². The van der Waals surface area contributed by atoms with Crippen LogP contribution in [-0.4, -0.2) is 45.2 Å². The summed E-state index contributed by atoms with van der Waals surface area (Å²) in [6.07, 6.45) is 0.371. The Balaban J connectivity index is 1.28. The van der Waals surface area contributed by atoms with Gasteiger partial charge < -0.3 is 24.8 Å². The summed E-state index contributed by atoms with van der Waals surface area (Å²) in [6, 6.07) is 30.2. The maximum atomic E-state index is 14.7. The topological polar surface area (TPSA) is 103 Å². The molecule has 2 amide bonds. The number of nitrogens with zero attached hydrogens (tertiary/aromatic N) is 1. The molecule has 4 aromatic carbocycles. The second-order valence-electron chi connectivity index (χ2n) is 17.1. The number of benzene rings is 4. The van der Waals surface area contributed by atoms with Crippen LogP contribution in [0.4, 0.5) is 18.0 Å². The number of nitrogens with one attached hydrogen (secondary N) is 1.